The van der Waals surface area contributed by atoms with Crippen molar-refractivity contribution in [3.8, 4) is 5.75 Å². The molecule has 0 saturated carbocycles. The van der Waals surface area contributed by atoms with E-state index in [1.54, 1.807) is 31.2 Å². The van der Waals surface area contributed by atoms with E-state index in [1.165, 1.54) is 4.90 Å². The van der Waals surface area contributed by atoms with Crippen molar-refractivity contribution < 1.29 is 14.3 Å². The highest BCUT2D eigenvalue weighted by atomic mass is 16.5. The quantitative estimate of drug-likeness (QED) is 0.638. The number of anilines is 2. The highest BCUT2D eigenvalue weighted by Gasteiger charge is 2.30. The first-order valence-corrected chi connectivity index (χ1v) is 10.6. The summed E-state index contributed by atoms with van der Waals surface area (Å²) in [5, 5.41) is 2.86. The number of hydrogen-bond acceptors (Lipinski definition) is 4. The van der Waals surface area contributed by atoms with Gasteiger partial charge in [0.1, 0.15) is 18.3 Å². The predicted octanol–water partition coefficient (Wildman–Crippen LogP) is 4.30. The SMILES string of the molecule is CCOc1ccc(NC(=O)CN2C(=O)C(C)N=C(c3ccccc3)c3ccccc32)cc1. The molecule has 32 heavy (non-hydrogen) atoms. The van der Waals surface area contributed by atoms with Crippen molar-refractivity contribution >= 4 is 28.9 Å². The zero-order valence-corrected chi connectivity index (χ0v) is 18.1. The highest BCUT2D eigenvalue weighted by molar-refractivity contribution is 6.20. The molecule has 0 aliphatic carbocycles. The molecule has 162 valence electrons. The van der Waals surface area contributed by atoms with Gasteiger partial charge in [0.15, 0.2) is 0 Å². The number of nitrogens with zero attached hydrogens (tertiary/aromatic N) is 2. The number of fused-ring (bicyclic) bond motifs is 1. The topological polar surface area (TPSA) is 71.0 Å². The lowest BCUT2D eigenvalue weighted by molar-refractivity contribution is -0.122. The van der Waals surface area contributed by atoms with Gasteiger partial charge in [0.05, 0.1) is 18.0 Å². The van der Waals surface area contributed by atoms with Crippen LogP contribution in [0.15, 0.2) is 83.9 Å². The highest BCUT2D eigenvalue weighted by Crippen LogP contribution is 2.28. The molecule has 3 aromatic rings. The number of benzodiazepines with no additional fused rings is 1. The number of amides is 2. The molecule has 1 unspecified atom stereocenters. The van der Waals surface area contributed by atoms with Crippen molar-refractivity contribution in [2.75, 3.05) is 23.4 Å². The Morgan fingerprint density at radius 1 is 1.00 bits per heavy atom. The minimum atomic E-state index is -0.615. The fraction of sp³-hybridized carbons (Fsp3) is 0.192. The first kappa shape index (κ1) is 21.3. The first-order valence-electron chi connectivity index (χ1n) is 10.6. The maximum atomic E-state index is 13.2. The van der Waals surface area contributed by atoms with E-state index in [2.05, 4.69) is 5.32 Å². The maximum Gasteiger partial charge on any atom is 0.252 e. The molecule has 1 atom stereocenters. The van der Waals surface area contributed by atoms with Gasteiger partial charge >= 0.3 is 0 Å². The smallest absolute Gasteiger partial charge is 0.252 e. The third-order valence-corrected chi connectivity index (χ3v) is 5.19. The molecular weight excluding hydrogens is 402 g/mol. The van der Waals surface area contributed by atoms with Gasteiger partial charge in [0.25, 0.3) is 5.91 Å². The van der Waals surface area contributed by atoms with Gasteiger partial charge in [0.2, 0.25) is 5.91 Å². The van der Waals surface area contributed by atoms with Crippen LogP contribution in [0.25, 0.3) is 0 Å². The van der Waals surface area contributed by atoms with Crippen LogP contribution in [0.4, 0.5) is 11.4 Å². The Balaban J connectivity index is 1.60. The van der Waals surface area contributed by atoms with Crippen LogP contribution in [-0.2, 0) is 9.59 Å². The van der Waals surface area contributed by atoms with Gasteiger partial charge in [-0.15, -0.1) is 0 Å². The number of carbonyl (C=O) groups excluding carboxylic acids is 2. The minimum Gasteiger partial charge on any atom is -0.494 e. The number of rotatable bonds is 6. The van der Waals surface area contributed by atoms with E-state index < -0.39 is 6.04 Å². The largest absolute Gasteiger partial charge is 0.494 e. The molecule has 6 heteroatoms. The fourth-order valence-electron chi connectivity index (χ4n) is 3.71. The van der Waals surface area contributed by atoms with Crippen LogP contribution in [0.5, 0.6) is 5.75 Å². The molecule has 0 fully saturated rings. The molecule has 1 aliphatic heterocycles. The summed E-state index contributed by atoms with van der Waals surface area (Å²) in [7, 11) is 0. The molecule has 0 saturated heterocycles. The zero-order chi connectivity index (χ0) is 22.5. The number of aliphatic imine (C=N–C) groups is 1. The zero-order valence-electron chi connectivity index (χ0n) is 18.1. The summed E-state index contributed by atoms with van der Waals surface area (Å²) < 4.78 is 5.43. The summed E-state index contributed by atoms with van der Waals surface area (Å²) in [6, 6.07) is 23.9. The Kier molecular flexibility index (Phi) is 6.31. The molecule has 0 bridgehead atoms. The molecule has 6 nitrogen and oxygen atoms in total. The van der Waals surface area contributed by atoms with Crippen LogP contribution in [0.1, 0.15) is 25.0 Å². The predicted molar refractivity (Wildman–Crippen MR) is 127 cm³/mol. The summed E-state index contributed by atoms with van der Waals surface area (Å²) in [6.45, 7) is 4.15. The molecule has 2 amide bonds. The summed E-state index contributed by atoms with van der Waals surface area (Å²) >= 11 is 0. The second-order valence-corrected chi connectivity index (χ2v) is 7.47. The van der Waals surface area contributed by atoms with Gasteiger partial charge < -0.3 is 15.0 Å². The molecule has 4 rings (SSSR count). The van der Waals surface area contributed by atoms with Gasteiger partial charge in [-0.1, -0.05) is 48.5 Å². The van der Waals surface area contributed by atoms with E-state index in [1.807, 2.05) is 61.5 Å². The Morgan fingerprint density at radius 3 is 2.41 bits per heavy atom. The third-order valence-electron chi connectivity index (χ3n) is 5.19. The summed E-state index contributed by atoms with van der Waals surface area (Å²) in [5.74, 6) is 0.236. The number of para-hydroxylation sites is 1. The van der Waals surface area contributed by atoms with E-state index in [0.29, 0.717) is 18.0 Å². The van der Waals surface area contributed by atoms with Crippen molar-refractivity contribution in [1.29, 1.82) is 0 Å². The Morgan fingerprint density at radius 2 is 1.69 bits per heavy atom. The second-order valence-electron chi connectivity index (χ2n) is 7.47. The average molecular weight is 428 g/mol. The van der Waals surface area contributed by atoms with Crippen molar-refractivity contribution in [2.24, 2.45) is 4.99 Å². The standard InChI is InChI=1S/C26H25N3O3/c1-3-32-21-15-13-20(14-16-21)28-24(30)17-29-23-12-8-7-11-22(23)25(27-18(2)26(29)31)19-9-5-4-6-10-19/h4-16,18H,3,17H2,1-2H3,(H,28,30). The van der Waals surface area contributed by atoms with Crippen LogP contribution in [0, 0.1) is 0 Å². The number of ether oxygens (including phenoxy) is 1. The van der Waals surface area contributed by atoms with Gasteiger partial charge in [-0.25, -0.2) is 0 Å². The van der Waals surface area contributed by atoms with E-state index >= 15 is 0 Å². The Labute approximate surface area is 187 Å². The Hall–Kier alpha value is -3.93. The third kappa shape index (κ3) is 4.54. The van der Waals surface area contributed by atoms with Crippen LogP contribution < -0.4 is 15.0 Å². The number of hydrogen-bond donors (Lipinski definition) is 1. The maximum absolute atomic E-state index is 13.2. The number of benzene rings is 3. The molecule has 0 radical (unpaired) electrons. The molecular formula is C26H25N3O3. The van der Waals surface area contributed by atoms with Crippen LogP contribution >= 0.6 is 0 Å². The summed E-state index contributed by atoms with van der Waals surface area (Å²) in [4.78, 5) is 32.3. The van der Waals surface area contributed by atoms with Crippen molar-refractivity contribution in [2.45, 2.75) is 19.9 Å². The van der Waals surface area contributed by atoms with Crippen LogP contribution in [0.2, 0.25) is 0 Å². The first-order chi connectivity index (χ1) is 15.6. The molecule has 3 aromatic carbocycles. The second kappa shape index (κ2) is 9.47. The molecule has 0 spiro atoms. The van der Waals surface area contributed by atoms with Gasteiger partial charge in [-0.05, 0) is 44.2 Å². The minimum absolute atomic E-state index is 0.106. The Bertz CT molecular complexity index is 1140. The average Bonchev–Trinajstić information content (AvgIpc) is 2.92. The van der Waals surface area contributed by atoms with Crippen molar-refractivity contribution in [3.05, 3.63) is 90.0 Å². The van der Waals surface area contributed by atoms with Gasteiger partial charge in [0, 0.05) is 16.8 Å². The number of nitrogens with one attached hydrogen (secondary N) is 1. The summed E-state index contributed by atoms with van der Waals surface area (Å²) in [5.41, 5.74) is 3.82. The number of carbonyl (C=O) groups is 2. The van der Waals surface area contributed by atoms with Crippen LogP contribution in [0.3, 0.4) is 0 Å². The van der Waals surface area contributed by atoms with E-state index in [0.717, 1.165) is 22.6 Å². The summed E-state index contributed by atoms with van der Waals surface area (Å²) in [6.07, 6.45) is 0. The van der Waals surface area contributed by atoms with Gasteiger partial charge in [-0.2, -0.15) is 0 Å². The van der Waals surface area contributed by atoms with E-state index in [-0.39, 0.29) is 18.4 Å². The van der Waals surface area contributed by atoms with Crippen LogP contribution in [-0.4, -0.2) is 36.7 Å². The fourth-order valence-corrected chi connectivity index (χ4v) is 3.71. The molecule has 1 aliphatic rings. The molecule has 1 N–H and O–H groups in total. The van der Waals surface area contributed by atoms with E-state index in [9.17, 15) is 9.59 Å². The lowest BCUT2D eigenvalue weighted by Crippen LogP contribution is -2.42. The normalized spacial score (nSPS) is 15.4. The monoisotopic (exact) mass is 427 g/mol. The van der Waals surface area contributed by atoms with E-state index in [4.69, 9.17) is 9.73 Å². The lowest BCUT2D eigenvalue weighted by Gasteiger charge is -2.24. The lowest BCUT2D eigenvalue weighted by atomic mass is 10.0. The van der Waals surface area contributed by atoms with Crippen molar-refractivity contribution in [1.82, 2.24) is 0 Å². The van der Waals surface area contributed by atoms with Crippen molar-refractivity contribution in [3.63, 3.8) is 0 Å². The molecule has 1 heterocycles. The molecule has 0 aromatic heterocycles. The van der Waals surface area contributed by atoms with Gasteiger partial charge in [-0.3, -0.25) is 14.6 Å².